The fourth-order valence-corrected chi connectivity index (χ4v) is 3.50. The quantitative estimate of drug-likeness (QED) is 0.551. The highest BCUT2D eigenvalue weighted by molar-refractivity contribution is 7.10. The molecule has 2 aromatic rings. The van der Waals surface area contributed by atoms with Crippen LogP contribution < -0.4 is 5.32 Å². The summed E-state index contributed by atoms with van der Waals surface area (Å²) in [5.74, 6) is 0. The second-order valence-corrected chi connectivity index (χ2v) is 6.83. The number of thiophene rings is 2. The molecule has 0 radical (unpaired) electrons. The number of ether oxygens (including phenoxy) is 1. The van der Waals surface area contributed by atoms with Crippen LogP contribution >= 0.6 is 22.7 Å². The maximum Gasteiger partial charge on any atom is 0.0672 e. The van der Waals surface area contributed by atoms with Gasteiger partial charge < -0.3 is 10.1 Å². The molecule has 0 saturated heterocycles. The van der Waals surface area contributed by atoms with Gasteiger partial charge in [-0.15, -0.1) is 22.7 Å². The molecule has 4 heteroatoms. The molecular formula is C16H21NOS2. The zero-order chi connectivity index (χ0) is 14.2. The molecule has 0 saturated carbocycles. The van der Waals surface area contributed by atoms with E-state index in [4.69, 9.17) is 4.74 Å². The predicted molar refractivity (Wildman–Crippen MR) is 88.7 cm³/mol. The fourth-order valence-electron chi connectivity index (χ4n) is 1.94. The molecule has 0 bridgehead atoms. The van der Waals surface area contributed by atoms with Crippen molar-refractivity contribution >= 4 is 22.7 Å². The summed E-state index contributed by atoms with van der Waals surface area (Å²) in [6.45, 7) is 8.05. The number of hydrogen-bond acceptors (Lipinski definition) is 4. The SMILES string of the molecule is C=C(C)COCCNC(Cc1cccs1)c1cccs1. The van der Waals surface area contributed by atoms with E-state index in [1.807, 2.05) is 29.6 Å². The van der Waals surface area contributed by atoms with Crippen LogP contribution in [0.1, 0.15) is 22.7 Å². The predicted octanol–water partition coefficient (Wildman–Crippen LogP) is 4.28. The van der Waals surface area contributed by atoms with Gasteiger partial charge in [0.15, 0.2) is 0 Å². The van der Waals surface area contributed by atoms with E-state index < -0.39 is 0 Å². The van der Waals surface area contributed by atoms with Crippen LogP contribution in [0.5, 0.6) is 0 Å². The van der Waals surface area contributed by atoms with Crippen LogP contribution in [0.2, 0.25) is 0 Å². The Kier molecular flexibility index (Phi) is 6.47. The molecule has 108 valence electrons. The van der Waals surface area contributed by atoms with Gasteiger partial charge in [0, 0.05) is 28.8 Å². The van der Waals surface area contributed by atoms with Crippen molar-refractivity contribution in [3.05, 3.63) is 56.9 Å². The van der Waals surface area contributed by atoms with Crippen molar-refractivity contribution in [2.75, 3.05) is 19.8 Å². The first-order valence-corrected chi connectivity index (χ1v) is 8.53. The van der Waals surface area contributed by atoms with E-state index in [1.165, 1.54) is 9.75 Å². The zero-order valence-electron chi connectivity index (χ0n) is 11.8. The van der Waals surface area contributed by atoms with Crippen molar-refractivity contribution in [3.8, 4) is 0 Å². The van der Waals surface area contributed by atoms with Gasteiger partial charge in [0.05, 0.1) is 13.2 Å². The summed E-state index contributed by atoms with van der Waals surface area (Å²) in [5.41, 5.74) is 1.07. The summed E-state index contributed by atoms with van der Waals surface area (Å²) in [4.78, 5) is 2.80. The third-order valence-corrected chi connectivity index (χ3v) is 4.74. The largest absolute Gasteiger partial charge is 0.376 e. The van der Waals surface area contributed by atoms with Gasteiger partial charge in [-0.3, -0.25) is 0 Å². The average molecular weight is 307 g/mol. The Morgan fingerprint density at radius 3 is 2.75 bits per heavy atom. The van der Waals surface area contributed by atoms with Gasteiger partial charge in [-0.05, 0) is 29.8 Å². The molecule has 0 aliphatic carbocycles. The first-order chi connectivity index (χ1) is 9.75. The normalized spacial score (nSPS) is 12.4. The Bertz CT molecular complexity index is 491. The van der Waals surface area contributed by atoms with Crippen LogP contribution in [0.3, 0.4) is 0 Å². The number of hydrogen-bond donors (Lipinski definition) is 1. The highest BCUT2D eigenvalue weighted by Gasteiger charge is 2.13. The lowest BCUT2D eigenvalue weighted by Crippen LogP contribution is -2.26. The minimum atomic E-state index is 0.377. The van der Waals surface area contributed by atoms with Crippen molar-refractivity contribution in [2.45, 2.75) is 19.4 Å². The Morgan fingerprint density at radius 2 is 2.10 bits per heavy atom. The molecule has 0 amide bonds. The highest BCUT2D eigenvalue weighted by Crippen LogP contribution is 2.24. The molecule has 0 spiro atoms. The summed E-state index contributed by atoms with van der Waals surface area (Å²) in [6, 6.07) is 9.00. The Morgan fingerprint density at radius 1 is 1.30 bits per heavy atom. The molecule has 1 atom stereocenters. The Labute approximate surface area is 129 Å². The molecule has 2 nitrogen and oxygen atoms in total. The van der Waals surface area contributed by atoms with Crippen molar-refractivity contribution in [3.63, 3.8) is 0 Å². The van der Waals surface area contributed by atoms with Crippen LogP contribution in [0, 0.1) is 0 Å². The minimum absolute atomic E-state index is 0.377. The third-order valence-electron chi connectivity index (χ3n) is 2.86. The first-order valence-electron chi connectivity index (χ1n) is 6.77. The molecule has 1 unspecified atom stereocenters. The smallest absolute Gasteiger partial charge is 0.0672 e. The van der Waals surface area contributed by atoms with Crippen LogP contribution in [-0.2, 0) is 11.2 Å². The van der Waals surface area contributed by atoms with Crippen LogP contribution in [0.4, 0.5) is 0 Å². The van der Waals surface area contributed by atoms with Crippen LogP contribution in [-0.4, -0.2) is 19.8 Å². The summed E-state index contributed by atoms with van der Waals surface area (Å²) in [7, 11) is 0. The molecule has 2 rings (SSSR count). The summed E-state index contributed by atoms with van der Waals surface area (Å²) < 4.78 is 5.54. The summed E-state index contributed by atoms with van der Waals surface area (Å²) in [5, 5.41) is 7.87. The molecule has 1 N–H and O–H groups in total. The van der Waals surface area contributed by atoms with Crippen molar-refractivity contribution in [1.82, 2.24) is 5.32 Å². The van der Waals surface area contributed by atoms with Gasteiger partial charge in [-0.1, -0.05) is 24.3 Å². The van der Waals surface area contributed by atoms with E-state index in [0.717, 1.165) is 25.1 Å². The second-order valence-electron chi connectivity index (χ2n) is 4.82. The molecule has 0 aliphatic heterocycles. The van der Waals surface area contributed by atoms with Crippen molar-refractivity contribution in [1.29, 1.82) is 0 Å². The Balaban J connectivity index is 1.82. The number of rotatable bonds is 9. The van der Waals surface area contributed by atoms with Gasteiger partial charge in [0.25, 0.3) is 0 Å². The monoisotopic (exact) mass is 307 g/mol. The minimum Gasteiger partial charge on any atom is -0.376 e. The summed E-state index contributed by atoms with van der Waals surface area (Å²) in [6.07, 6.45) is 1.04. The van der Waals surface area contributed by atoms with Crippen molar-refractivity contribution in [2.24, 2.45) is 0 Å². The zero-order valence-corrected chi connectivity index (χ0v) is 13.4. The van der Waals surface area contributed by atoms with Gasteiger partial charge in [0.1, 0.15) is 0 Å². The molecule has 20 heavy (non-hydrogen) atoms. The van der Waals surface area contributed by atoms with E-state index >= 15 is 0 Å². The van der Waals surface area contributed by atoms with Crippen LogP contribution in [0.25, 0.3) is 0 Å². The lowest BCUT2D eigenvalue weighted by molar-refractivity contribution is 0.155. The van der Waals surface area contributed by atoms with E-state index in [-0.39, 0.29) is 0 Å². The molecular weight excluding hydrogens is 286 g/mol. The fraction of sp³-hybridized carbons (Fsp3) is 0.375. The lowest BCUT2D eigenvalue weighted by atomic mass is 10.1. The topological polar surface area (TPSA) is 21.3 Å². The van der Waals surface area contributed by atoms with Gasteiger partial charge in [-0.2, -0.15) is 0 Å². The van der Waals surface area contributed by atoms with Gasteiger partial charge in [-0.25, -0.2) is 0 Å². The number of nitrogens with one attached hydrogen (secondary N) is 1. The van der Waals surface area contributed by atoms with E-state index in [1.54, 1.807) is 0 Å². The van der Waals surface area contributed by atoms with Crippen molar-refractivity contribution < 1.29 is 4.74 Å². The summed E-state index contributed by atoms with van der Waals surface area (Å²) >= 11 is 3.63. The highest BCUT2D eigenvalue weighted by atomic mass is 32.1. The van der Waals surface area contributed by atoms with E-state index in [0.29, 0.717) is 12.6 Å². The van der Waals surface area contributed by atoms with Gasteiger partial charge >= 0.3 is 0 Å². The molecule has 2 heterocycles. The van der Waals surface area contributed by atoms with Gasteiger partial charge in [0.2, 0.25) is 0 Å². The average Bonchev–Trinajstić information content (AvgIpc) is 3.09. The maximum atomic E-state index is 5.54. The van der Waals surface area contributed by atoms with Crippen LogP contribution in [0.15, 0.2) is 47.2 Å². The third kappa shape index (κ3) is 5.21. The molecule has 0 aliphatic rings. The Hall–Kier alpha value is -0.940. The first kappa shape index (κ1) is 15.4. The molecule has 2 aromatic heterocycles. The standard InChI is InChI=1S/C16H21NOS2/c1-13(2)12-18-8-7-17-15(16-6-4-10-20-16)11-14-5-3-9-19-14/h3-6,9-10,15,17H,1,7-8,11-12H2,2H3. The maximum absolute atomic E-state index is 5.54. The second kappa shape index (κ2) is 8.37. The van der Waals surface area contributed by atoms with E-state index in [9.17, 15) is 0 Å². The molecule has 0 fully saturated rings. The molecule has 0 aromatic carbocycles. The lowest BCUT2D eigenvalue weighted by Gasteiger charge is -2.17. The van der Waals surface area contributed by atoms with E-state index in [2.05, 4.69) is 46.9 Å².